The van der Waals surface area contributed by atoms with Crippen molar-refractivity contribution >= 4 is 11.8 Å². The summed E-state index contributed by atoms with van der Waals surface area (Å²) in [6.45, 7) is 6.55. The zero-order chi connectivity index (χ0) is 21.9. The van der Waals surface area contributed by atoms with Crippen LogP contribution in [-0.2, 0) is 11.3 Å². The molecule has 168 valence electrons. The molecule has 2 aliphatic rings. The summed E-state index contributed by atoms with van der Waals surface area (Å²) in [6, 6.07) is 6.12. The van der Waals surface area contributed by atoms with Crippen molar-refractivity contribution in [2.45, 2.75) is 39.1 Å². The predicted octanol–water partition coefficient (Wildman–Crippen LogP) is 4.00. The van der Waals surface area contributed by atoms with E-state index in [0.717, 1.165) is 36.7 Å². The highest BCUT2D eigenvalue weighted by Crippen LogP contribution is 2.31. The number of halogens is 4. The molecule has 0 radical (unpaired) electrons. The molecule has 2 saturated heterocycles. The number of benzene rings is 1. The van der Waals surface area contributed by atoms with Gasteiger partial charge in [-0.25, -0.2) is 4.79 Å². The lowest BCUT2D eigenvalue weighted by atomic mass is 10.1. The Balaban J connectivity index is 1.58. The van der Waals surface area contributed by atoms with Gasteiger partial charge in [0.2, 0.25) is 0 Å². The molecular formula is C21H29F4N3O2. The molecule has 2 atom stereocenters. The molecule has 30 heavy (non-hydrogen) atoms. The topological polar surface area (TPSA) is 36.0 Å². The summed E-state index contributed by atoms with van der Waals surface area (Å²) in [4.78, 5) is 17.8. The highest BCUT2D eigenvalue weighted by molar-refractivity contribution is 5.68. The van der Waals surface area contributed by atoms with Crippen molar-refractivity contribution in [3.63, 3.8) is 0 Å². The van der Waals surface area contributed by atoms with Crippen molar-refractivity contribution in [1.29, 1.82) is 0 Å². The summed E-state index contributed by atoms with van der Waals surface area (Å²) in [5.74, 6) is 0.0751. The van der Waals surface area contributed by atoms with Gasteiger partial charge in [-0.3, -0.25) is 9.29 Å². The number of carbonyl (C=O) groups excluding carboxylic acids is 1. The minimum absolute atomic E-state index is 0.0751. The van der Waals surface area contributed by atoms with Crippen LogP contribution >= 0.6 is 0 Å². The van der Waals surface area contributed by atoms with Crippen molar-refractivity contribution in [2.24, 2.45) is 5.92 Å². The third kappa shape index (κ3) is 5.36. The van der Waals surface area contributed by atoms with Crippen LogP contribution in [0.3, 0.4) is 0 Å². The fraction of sp³-hybridized carbons (Fsp3) is 0.667. The number of rotatable bonds is 5. The van der Waals surface area contributed by atoms with E-state index >= 15 is 0 Å². The first-order chi connectivity index (χ1) is 14.2. The van der Waals surface area contributed by atoms with Gasteiger partial charge in [0.05, 0.1) is 6.67 Å². The first-order valence-corrected chi connectivity index (χ1v) is 10.3. The average molecular weight is 431 g/mol. The van der Waals surface area contributed by atoms with Crippen LogP contribution in [-0.4, -0.2) is 74.1 Å². The number of ether oxygens (including phenoxy) is 1. The largest absolute Gasteiger partial charge is 0.437 e. The van der Waals surface area contributed by atoms with Crippen molar-refractivity contribution < 1.29 is 27.1 Å². The number of amides is 1. The van der Waals surface area contributed by atoms with Crippen LogP contribution in [0.15, 0.2) is 18.2 Å². The fourth-order valence-electron chi connectivity index (χ4n) is 4.08. The minimum Gasteiger partial charge on any atom is -0.437 e. The Morgan fingerprint density at radius 1 is 1.20 bits per heavy atom. The molecule has 0 N–H and O–H groups in total. The van der Waals surface area contributed by atoms with Gasteiger partial charge in [0.1, 0.15) is 0 Å². The van der Waals surface area contributed by atoms with Crippen LogP contribution in [0.5, 0.6) is 0 Å². The Morgan fingerprint density at radius 2 is 1.90 bits per heavy atom. The Hall–Kier alpha value is -2.03. The van der Waals surface area contributed by atoms with Gasteiger partial charge < -0.3 is 14.5 Å². The lowest BCUT2D eigenvalue weighted by Crippen LogP contribution is -2.49. The normalized spacial score (nSPS) is 21.7. The first-order valence-electron chi connectivity index (χ1n) is 10.3. The molecular weight excluding hydrogens is 402 g/mol. The van der Waals surface area contributed by atoms with E-state index in [1.165, 1.54) is 4.90 Å². The first kappa shape index (κ1) is 22.7. The number of hydrogen-bond donors (Lipinski definition) is 0. The van der Waals surface area contributed by atoms with Crippen LogP contribution in [0.2, 0.25) is 0 Å². The second kappa shape index (κ2) is 9.41. The smallest absolute Gasteiger partial charge is 0.425 e. The standard InChI is InChI=1S/C21H29F4N3O2/c1-15-4-3-5-18(19(15)28-7-6-17(12-22)13-28)14-26-8-10-27(11-9-26)20(29)30-16(2)21(23,24)25/h3-5,16-17H,6-14H2,1-2H3/t16?,17-/m1/s1. The average Bonchev–Trinajstić information content (AvgIpc) is 3.16. The number of alkyl halides is 4. The summed E-state index contributed by atoms with van der Waals surface area (Å²) >= 11 is 0. The number of para-hydroxylation sites is 1. The summed E-state index contributed by atoms with van der Waals surface area (Å²) < 4.78 is 55.4. The van der Waals surface area contributed by atoms with E-state index in [1.807, 2.05) is 6.07 Å². The molecule has 0 bridgehead atoms. The molecule has 0 saturated carbocycles. The van der Waals surface area contributed by atoms with E-state index < -0.39 is 18.4 Å². The van der Waals surface area contributed by atoms with Gasteiger partial charge in [0.15, 0.2) is 6.10 Å². The second-order valence-electron chi connectivity index (χ2n) is 8.17. The van der Waals surface area contributed by atoms with E-state index in [1.54, 1.807) is 0 Å². The molecule has 2 heterocycles. The summed E-state index contributed by atoms with van der Waals surface area (Å²) in [5.41, 5.74) is 3.45. The summed E-state index contributed by atoms with van der Waals surface area (Å²) in [6.07, 6.45) is -6.76. The lowest BCUT2D eigenvalue weighted by Gasteiger charge is -2.35. The number of hydrogen-bond acceptors (Lipinski definition) is 4. The molecule has 1 aromatic rings. The molecule has 5 nitrogen and oxygen atoms in total. The fourth-order valence-corrected chi connectivity index (χ4v) is 4.08. The summed E-state index contributed by atoms with van der Waals surface area (Å²) in [7, 11) is 0. The van der Waals surface area contributed by atoms with Gasteiger partial charge in [0, 0.05) is 57.4 Å². The molecule has 9 heteroatoms. The molecule has 0 aromatic heterocycles. The van der Waals surface area contributed by atoms with Crippen molar-refractivity contribution in [2.75, 3.05) is 50.8 Å². The lowest BCUT2D eigenvalue weighted by molar-refractivity contribution is -0.200. The van der Waals surface area contributed by atoms with E-state index in [4.69, 9.17) is 0 Å². The molecule has 1 amide bonds. The number of piperazine rings is 1. The van der Waals surface area contributed by atoms with Gasteiger partial charge in [-0.05, 0) is 31.4 Å². The van der Waals surface area contributed by atoms with Gasteiger partial charge in [-0.15, -0.1) is 0 Å². The SMILES string of the molecule is Cc1cccc(CN2CCN(C(=O)OC(C)C(F)(F)F)CC2)c1N1CC[C@H](CF)C1. The van der Waals surface area contributed by atoms with E-state index in [-0.39, 0.29) is 12.6 Å². The Kier molecular flexibility index (Phi) is 7.10. The molecule has 2 fully saturated rings. The summed E-state index contributed by atoms with van der Waals surface area (Å²) in [5, 5.41) is 0. The maximum atomic E-state index is 13.1. The number of anilines is 1. The second-order valence-corrected chi connectivity index (χ2v) is 8.17. The maximum absolute atomic E-state index is 13.1. The van der Waals surface area contributed by atoms with E-state index in [9.17, 15) is 22.4 Å². The number of carbonyl (C=O) groups is 1. The van der Waals surface area contributed by atoms with Gasteiger partial charge >= 0.3 is 12.3 Å². The number of aryl methyl sites for hydroxylation is 1. The van der Waals surface area contributed by atoms with Crippen LogP contribution in [0.4, 0.5) is 28.0 Å². The molecule has 2 aliphatic heterocycles. The Labute approximate surface area is 174 Å². The monoisotopic (exact) mass is 431 g/mol. The minimum atomic E-state index is -4.56. The van der Waals surface area contributed by atoms with Gasteiger partial charge in [-0.1, -0.05) is 18.2 Å². The third-order valence-electron chi connectivity index (χ3n) is 5.90. The molecule has 3 rings (SSSR count). The zero-order valence-corrected chi connectivity index (χ0v) is 17.4. The molecule has 1 aromatic carbocycles. The van der Waals surface area contributed by atoms with Crippen LogP contribution in [0.25, 0.3) is 0 Å². The van der Waals surface area contributed by atoms with Crippen LogP contribution in [0, 0.1) is 12.8 Å². The van der Waals surface area contributed by atoms with Crippen LogP contribution in [0.1, 0.15) is 24.5 Å². The van der Waals surface area contributed by atoms with Crippen molar-refractivity contribution in [3.8, 4) is 0 Å². The molecule has 1 unspecified atom stereocenters. The quantitative estimate of drug-likeness (QED) is 0.661. The van der Waals surface area contributed by atoms with Crippen molar-refractivity contribution in [1.82, 2.24) is 9.80 Å². The maximum Gasteiger partial charge on any atom is 0.425 e. The van der Waals surface area contributed by atoms with Crippen LogP contribution < -0.4 is 4.90 Å². The third-order valence-corrected chi connectivity index (χ3v) is 5.90. The number of nitrogens with zero attached hydrogens (tertiary/aromatic N) is 3. The van der Waals surface area contributed by atoms with E-state index in [0.29, 0.717) is 39.3 Å². The Morgan fingerprint density at radius 3 is 2.50 bits per heavy atom. The zero-order valence-electron chi connectivity index (χ0n) is 17.4. The predicted molar refractivity (Wildman–Crippen MR) is 106 cm³/mol. The van der Waals surface area contributed by atoms with Gasteiger partial charge in [-0.2, -0.15) is 13.2 Å². The molecule has 0 aliphatic carbocycles. The van der Waals surface area contributed by atoms with Gasteiger partial charge in [0.25, 0.3) is 0 Å². The molecule has 0 spiro atoms. The highest BCUT2D eigenvalue weighted by atomic mass is 19.4. The highest BCUT2D eigenvalue weighted by Gasteiger charge is 2.40. The van der Waals surface area contributed by atoms with E-state index in [2.05, 4.69) is 33.6 Å². The van der Waals surface area contributed by atoms with Crippen molar-refractivity contribution in [3.05, 3.63) is 29.3 Å². The Bertz CT molecular complexity index is 735.